The van der Waals surface area contributed by atoms with Crippen LogP contribution in [0.4, 0.5) is 0 Å². The van der Waals surface area contributed by atoms with Crippen LogP contribution in [0.2, 0.25) is 0 Å². The Balaban J connectivity index is 2.47. The van der Waals surface area contributed by atoms with Crippen LogP contribution in [0.1, 0.15) is 34.1 Å². The average molecular weight is 201 g/mol. The van der Waals surface area contributed by atoms with E-state index in [9.17, 15) is 10.2 Å². The van der Waals surface area contributed by atoms with Crippen LogP contribution >= 0.6 is 0 Å². The minimum Gasteiger partial charge on any atom is -0.389 e. The number of hydrogen-bond donors (Lipinski definition) is 2. The topological polar surface area (TPSA) is 43.7 Å². The molecule has 0 amide bonds. The summed E-state index contributed by atoms with van der Waals surface area (Å²) in [6, 6.07) is 0. The third kappa shape index (κ3) is 3.23. The van der Waals surface area contributed by atoms with Gasteiger partial charge < -0.3 is 15.1 Å². The SMILES string of the molecule is CC(C)(C)CN1CCC(C)(O)C(O)C1. The molecule has 2 unspecified atom stereocenters. The number of β-amino-alcohol motifs (C(OH)–C–C–N with tert-alkyl or cyclic N) is 1. The molecule has 3 nitrogen and oxygen atoms in total. The van der Waals surface area contributed by atoms with E-state index < -0.39 is 11.7 Å². The van der Waals surface area contributed by atoms with Gasteiger partial charge in [0.1, 0.15) is 0 Å². The van der Waals surface area contributed by atoms with Gasteiger partial charge in [0.05, 0.1) is 11.7 Å². The lowest BCUT2D eigenvalue weighted by atomic mass is 9.88. The van der Waals surface area contributed by atoms with Crippen LogP contribution in [0.25, 0.3) is 0 Å². The van der Waals surface area contributed by atoms with Crippen LogP contribution in [-0.2, 0) is 0 Å². The number of aliphatic hydroxyl groups is 2. The van der Waals surface area contributed by atoms with Crippen molar-refractivity contribution < 1.29 is 10.2 Å². The molecule has 0 spiro atoms. The molecule has 0 aliphatic carbocycles. The van der Waals surface area contributed by atoms with Gasteiger partial charge in [-0.25, -0.2) is 0 Å². The fourth-order valence-corrected chi connectivity index (χ4v) is 1.90. The molecule has 0 aromatic carbocycles. The summed E-state index contributed by atoms with van der Waals surface area (Å²) < 4.78 is 0. The zero-order valence-corrected chi connectivity index (χ0v) is 9.75. The van der Waals surface area contributed by atoms with Gasteiger partial charge in [-0.15, -0.1) is 0 Å². The van der Waals surface area contributed by atoms with Crippen molar-refractivity contribution in [2.75, 3.05) is 19.6 Å². The van der Waals surface area contributed by atoms with Gasteiger partial charge in [-0.05, 0) is 18.8 Å². The van der Waals surface area contributed by atoms with Crippen LogP contribution < -0.4 is 0 Å². The Morgan fingerprint density at radius 3 is 2.43 bits per heavy atom. The predicted octanol–water partition coefficient (Wildman–Crippen LogP) is 0.850. The van der Waals surface area contributed by atoms with E-state index in [0.717, 1.165) is 13.1 Å². The largest absolute Gasteiger partial charge is 0.389 e. The lowest BCUT2D eigenvalue weighted by Gasteiger charge is -2.42. The zero-order chi connectivity index (χ0) is 11.0. The quantitative estimate of drug-likeness (QED) is 0.661. The predicted molar refractivity (Wildman–Crippen MR) is 57.1 cm³/mol. The fourth-order valence-electron chi connectivity index (χ4n) is 1.90. The Labute approximate surface area is 86.7 Å². The molecule has 2 atom stereocenters. The second kappa shape index (κ2) is 3.80. The number of rotatable bonds is 1. The molecule has 1 rings (SSSR count). The maximum Gasteiger partial charge on any atom is 0.0951 e. The Morgan fingerprint density at radius 2 is 2.00 bits per heavy atom. The van der Waals surface area contributed by atoms with E-state index in [0.29, 0.717) is 13.0 Å². The van der Waals surface area contributed by atoms with Gasteiger partial charge >= 0.3 is 0 Å². The highest BCUT2D eigenvalue weighted by atomic mass is 16.3. The molecule has 0 saturated carbocycles. The molecule has 0 bridgehead atoms. The van der Waals surface area contributed by atoms with E-state index >= 15 is 0 Å². The van der Waals surface area contributed by atoms with Crippen molar-refractivity contribution in [2.24, 2.45) is 5.41 Å². The van der Waals surface area contributed by atoms with Gasteiger partial charge in [0.15, 0.2) is 0 Å². The molecule has 0 radical (unpaired) electrons. The molecule has 1 aliphatic heterocycles. The van der Waals surface area contributed by atoms with Crippen molar-refractivity contribution in [1.82, 2.24) is 4.90 Å². The van der Waals surface area contributed by atoms with Crippen molar-refractivity contribution in [3.05, 3.63) is 0 Å². The molecule has 2 N–H and O–H groups in total. The van der Waals surface area contributed by atoms with E-state index in [2.05, 4.69) is 25.7 Å². The first kappa shape index (κ1) is 12.0. The van der Waals surface area contributed by atoms with Gasteiger partial charge in [-0.2, -0.15) is 0 Å². The van der Waals surface area contributed by atoms with Crippen LogP contribution in [0, 0.1) is 5.41 Å². The summed E-state index contributed by atoms with van der Waals surface area (Å²) >= 11 is 0. The number of piperidine rings is 1. The maximum absolute atomic E-state index is 9.78. The van der Waals surface area contributed by atoms with Crippen LogP contribution in [0.5, 0.6) is 0 Å². The molecule has 1 fully saturated rings. The molecule has 0 aromatic heterocycles. The van der Waals surface area contributed by atoms with Crippen molar-refractivity contribution in [1.29, 1.82) is 0 Å². The van der Waals surface area contributed by atoms with Crippen molar-refractivity contribution in [3.63, 3.8) is 0 Å². The number of hydrogen-bond acceptors (Lipinski definition) is 3. The second-order valence-corrected chi connectivity index (χ2v) is 5.92. The minimum absolute atomic E-state index is 0.253. The fraction of sp³-hybridized carbons (Fsp3) is 1.00. The van der Waals surface area contributed by atoms with Crippen LogP contribution in [0.3, 0.4) is 0 Å². The molecule has 0 aromatic rings. The third-order valence-corrected chi connectivity index (χ3v) is 2.78. The summed E-state index contributed by atoms with van der Waals surface area (Å²) in [6.07, 6.45) is 0.0446. The normalized spacial score (nSPS) is 36.0. The first-order valence-corrected chi connectivity index (χ1v) is 5.33. The van der Waals surface area contributed by atoms with Crippen LogP contribution in [-0.4, -0.2) is 46.5 Å². The third-order valence-electron chi connectivity index (χ3n) is 2.78. The molecule has 1 saturated heterocycles. The standard InChI is InChI=1S/C11H23NO2/c1-10(2,3)8-12-6-5-11(4,14)9(13)7-12/h9,13-14H,5-8H2,1-4H3. The summed E-state index contributed by atoms with van der Waals surface area (Å²) in [7, 11) is 0. The zero-order valence-electron chi connectivity index (χ0n) is 9.75. The summed E-state index contributed by atoms with van der Waals surface area (Å²) in [5, 5.41) is 19.5. The van der Waals surface area contributed by atoms with Crippen LogP contribution in [0.15, 0.2) is 0 Å². The van der Waals surface area contributed by atoms with Crippen molar-refractivity contribution in [3.8, 4) is 0 Å². The molecule has 1 aliphatic rings. The molecular formula is C11H23NO2. The van der Waals surface area contributed by atoms with E-state index in [-0.39, 0.29) is 5.41 Å². The van der Waals surface area contributed by atoms with E-state index in [1.165, 1.54) is 0 Å². The second-order valence-electron chi connectivity index (χ2n) is 5.92. The minimum atomic E-state index is -0.894. The Hall–Kier alpha value is -0.120. The van der Waals surface area contributed by atoms with Crippen molar-refractivity contribution in [2.45, 2.75) is 45.8 Å². The highest BCUT2D eigenvalue weighted by Crippen LogP contribution is 2.24. The molecular weight excluding hydrogens is 178 g/mol. The average Bonchev–Trinajstić information content (AvgIpc) is 1.95. The number of aliphatic hydroxyl groups excluding tert-OH is 1. The first-order valence-electron chi connectivity index (χ1n) is 5.33. The highest BCUT2D eigenvalue weighted by Gasteiger charge is 2.36. The van der Waals surface area contributed by atoms with Gasteiger partial charge in [-0.3, -0.25) is 0 Å². The Morgan fingerprint density at radius 1 is 1.43 bits per heavy atom. The smallest absolute Gasteiger partial charge is 0.0951 e. The van der Waals surface area contributed by atoms with E-state index in [4.69, 9.17) is 0 Å². The van der Waals surface area contributed by atoms with Gasteiger partial charge in [0.2, 0.25) is 0 Å². The number of nitrogens with zero attached hydrogens (tertiary/aromatic N) is 1. The molecule has 3 heteroatoms. The lowest BCUT2D eigenvalue weighted by Crippen LogP contribution is -2.55. The first-order chi connectivity index (χ1) is 6.21. The lowest BCUT2D eigenvalue weighted by molar-refractivity contribution is -0.110. The molecule has 84 valence electrons. The summed E-state index contributed by atoms with van der Waals surface area (Å²) in [4.78, 5) is 2.22. The Bertz CT molecular complexity index is 196. The molecule has 14 heavy (non-hydrogen) atoms. The summed E-state index contributed by atoms with van der Waals surface area (Å²) in [5.41, 5.74) is -0.642. The van der Waals surface area contributed by atoms with E-state index in [1.807, 2.05) is 0 Å². The Kier molecular flexibility index (Phi) is 3.24. The molecule has 1 heterocycles. The maximum atomic E-state index is 9.78. The summed E-state index contributed by atoms with van der Waals surface area (Å²) in [5.74, 6) is 0. The highest BCUT2D eigenvalue weighted by molar-refractivity contribution is 4.90. The van der Waals surface area contributed by atoms with Gasteiger partial charge in [0, 0.05) is 19.6 Å². The van der Waals surface area contributed by atoms with Gasteiger partial charge in [0.25, 0.3) is 0 Å². The summed E-state index contributed by atoms with van der Waals surface area (Å²) in [6.45, 7) is 10.7. The van der Waals surface area contributed by atoms with Gasteiger partial charge in [-0.1, -0.05) is 20.8 Å². The number of likely N-dealkylation sites (tertiary alicyclic amines) is 1. The monoisotopic (exact) mass is 201 g/mol. The van der Waals surface area contributed by atoms with E-state index in [1.54, 1.807) is 6.92 Å². The van der Waals surface area contributed by atoms with Crippen molar-refractivity contribution >= 4 is 0 Å².